The largest absolute Gasteiger partial charge is 0.372 e. The van der Waals surface area contributed by atoms with E-state index in [-0.39, 0.29) is 31.4 Å². The van der Waals surface area contributed by atoms with Gasteiger partial charge in [0.05, 0.1) is 0 Å². The van der Waals surface area contributed by atoms with Gasteiger partial charge in [0.2, 0.25) is 11.8 Å². The number of halogens is 2. The molecule has 1 N–H and O–H groups in total. The molecule has 0 aromatic heterocycles. The van der Waals surface area contributed by atoms with Crippen molar-refractivity contribution in [3.05, 3.63) is 0 Å². The van der Waals surface area contributed by atoms with Gasteiger partial charge in [-0.25, -0.2) is 8.78 Å². The smallest absolute Gasteiger partial charge is 0.248 e. The second kappa shape index (κ2) is 5.39. The lowest BCUT2D eigenvalue weighted by Crippen LogP contribution is -2.41. The molecule has 0 heterocycles. The summed E-state index contributed by atoms with van der Waals surface area (Å²) in [5.74, 6) is -2.76. The van der Waals surface area contributed by atoms with E-state index >= 15 is 0 Å². The molecule has 0 bridgehead atoms. The van der Waals surface area contributed by atoms with Crippen molar-refractivity contribution >= 4 is 5.91 Å². The Morgan fingerprint density at radius 3 is 2.60 bits per heavy atom. The van der Waals surface area contributed by atoms with Crippen molar-refractivity contribution < 1.29 is 18.3 Å². The Morgan fingerprint density at radius 2 is 2.07 bits per heavy atom. The Kier molecular flexibility index (Phi) is 4.45. The normalized spacial score (nSPS) is 21.3. The van der Waals surface area contributed by atoms with Crippen LogP contribution in [0.2, 0.25) is 0 Å². The van der Waals surface area contributed by atoms with E-state index in [1.807, 2.05) is 0 Å². The molecule has 0 atom stereocenters. The standard InChI is InChI=1S/C10H17F2NO2/c1-2-15-7-9(14)13-8-3-5-10(11,12)6-4-8/h8H,2-7H2,1H3,(H,13,14). The molecule has 1 amide bonds. The van der Waals surface area contributed by atoms with Gasteiger partial charge < -0.3 is 10.1 Å². The summed E-state index contributed by atoms with van der Waals surface area (Å²) in [7, 11) is 0. The van der Waals surface area contributed by atoms with Crippen LogP contribution < -0.4 is 5.32 Å². The van der Waals surface area contributed by atoms with E-state index < -0.39 is 5.92 Å². The van der Waals surface area contributed by atoms with E-state index in [1.54, 1.807) is 6.92 Å². The number of carbonyl (C=O) groups excluding carboxylic acids is 1. The number of ether oxygens (including phenoxy) is 1. The highest BCUT2D eigenvalue weighted by molar-refractivity contribution is 5.77. The van der Waals surface area contributed by atoms with E-state index in [2.05, 4.69) is 5.32 Å². The first-order valence-electron chi connectivity index (χ1n) is 5.28. The Morgan fingerprint density at radius 1 is 1.47 bits per heavy atom. The lowest BCUT2D eigenvalue weighted by Gasteiger charge is -2.28. The summed E-state index contributed by atoms with van der Waals surface area (Å²) in [6.45, 7) is 2.30. The van der Waals surface area contributed by atoms with E-state index in [0.29, 0.717) is 19.4 Å². The van der Waals surface area contributed by atoms with Gasteiger partial charge in [-0.3, -0.25) is 4.79 Å². The van der Waals surface area contributed by atoms with Gasteiger partial charge in [-0.2, -0.15) is 0 Å². The van der Waals surface area contributed by atoms with Crippen molar-refractivity contribution in [3.63, 3.8) is 0 Å². The third-order valence-electron chi connectivity index (χ3n) is 2.52. The third-order valence-corrected chi connectivity index (χ3v) is 2.52. The molecule has 3 nitrogen and oxygen atoms in total. The molecule has 1 saturated carbocycles. The molecule has 1 aliphatic rings. The second-order valence-corrected chi connectivity index (χ2v) is 3.83. The predicted octanol–water partition coefficient (Wildman–Crippen LogP) is 1.72. The molecule has 0 radical (unpaired) electrons. The number of hydrogen-bond acceptors (Lipinski definition) is 2. The average Bonchev–Trinajstić information content (AvgIpc) is 2.18. The first-order valence-corrected chi connectivity index (χ1v) is 5.28. The number of hydrogen-bond donors (Lipinski definition) is 1. The molecule has 0 aromatic carbocycles. The zero-order chi connectivity index (χ0) is 11.3. The lowest BCUT2D eigenvalue weighted by atomic mass is 9.92. The summed E-state index contributed by atoms with van der Waals surface area (Å²) >= 11 is 0. The quantitative estimate of drug-likeness (QED) is 0.785. The molecular formula is C10H17F2NO2. The summed E-state index contributed by atoms with van der Waals surface area (Å²) in [5.41, 5.74) is 0. The number of carbonyl (C=O) groups is 1. The Hall–Kier alpha value is -0.710. The number of rotatable bonds is 4. The van der Waals surface area contributed by atoms with Crippen molar-refractivity contribution in [3.8, 4) is 0 Å². The van der Waals surface area contributed by atoms with E-state index in [0.717, 1.165) is 0 Å². The van der Waals surface area contributed by atoms with Crippen LogP contribution in [0.25, 0.3) is 0 Å². The fraction of sp³-hybridized carbons (Fsp3) is 0.900. The van der Waals surface area contributed by atoms with Crippen LogP contribution in [0.1, 0.15) is 32.6 Å². The van der Waals surface area contributed by atoms with Crippen LogP contribution in [-0.4, -0.2) is 31.1 Å². The van der Waals surface area contributed by atoms with Crippen molar-refractivity contribution in [1.82, 2.24) is 5.32 Å². The van der Waals surface area contributed by atoms with Crippen LogP contribution in [0.15, 0.2) is 0 Å². The first kappa shape index (κ1) is 12.4. The molecule has 0 spiro atoms. The fourth-order valence-electron chi connectivity index (χ4n) is 1.65. The molecule has 0 aliphatic heterocycles. The molecule has 0 unspecified atom stereocenters. The molecule has 0 aromatic rings. The summed E-state index contributed by atoms with van der Waals surface area (Å²) in [6, 6.07) is -0.113. The minimum absolute atomic E-state index is 0.0173. The molecule has 1 fully saturated rings. The van der Waals surface area contributed by atoms with Gasteiger partial charge in [0.15, 0.2) is 0 Å². The van der Waals surface area contributed by atoms with E-state index in [4.69, 9.17) is 4.74 Å². The number of alkyl halides is 2. The number of amides is 1. The zero-order valence-electron chi connectivity index (χ0n) is 8.89. The minimum Gasteiger partial charge on any atom is -0.372 e. The van der Waals surface area contributed by atoms with Crippen LogP contribution >= 0.6 is 0 Å². The topological polar surface area (TPSA) is 38.3 Å². The van der Waals surface area contributed by atoms with Crippen LogP contribution in [-0.2, 0) is 9.53 Å². The average molecular weight is 221 g/mol. The second-order valence-electron chi connectivity index (χ2n) is 3.83. The van der Waals surface area contributed by atoms with Crippen molar-refractivity contribution in [1.29, 1.82) is 0 Å². The third kappa shape index (κ3) is 4.55. The van der Waals surface area contributed by atoms with Crippen molar-refractivity contribution in [2.45, 2.75) is 44.6 Å². The van der Waals surface area contributed by atoms with Crippen molar-refractivity contribution in [2.75, 3.05) is 13.2 Å². The maximum atomic E-state index is 12.8. The molecule has 1 aliphatic carbocycles. The summed E-state index contributed by atoms with van der Waals surface area (Å²) in [4.78, 5) is 11.2. The Labute approximate surface area is 88.2 Å². The fourth-order valence-corrected chi connectivity index (χ4v) is 1.65. The monoisotopic (exact) mass is 221 g/mol. The van der Waals surface area contributed by atoms with Gasteiger partial charge in [-0.05, 0) is 19.8 Å². The van der Waals surface area contributed by atoms with E-state index in [9.17, 15) is 13.6 Å². The van der Waals surface area contributed by atoms with Gasteiger partial charge >= 0.3 is 0 Å². The highest BCUT2D eigenvalue weighted by Crippen LogP contribution is 2.32. The van der Waals surface area contributed by atoms with Gasteiger partial charge in [-0.1, -0.05) is 0 Å². The molecular weight excluding hydrogens is 204 g/mol. The number of nitrogens with one attached hydrogen (secondary N) is 1. The van der Waals surface area contributed by atoms with E-state index in [1.165, 1.54) is 0 Å². The minimum atomic E-state index is -2.54. The highest BCUT2D eigenvalue weighted by atomic mass is 19.3. The predicted molar refractivity (Wildman–Crippen MR) is 51.8 cm³/mol. The zero-order valence-corrected chi connectivity index (χ0v) is 8.89. The van der Waals surface area contributed by atoms with Crippen molar-refractivity contribution in [2.24, 2.45) is 0 Å². The molecule has 15 heavy (non-hydrogen) atoms. The molecule has 1 rings (SSSR count). The Balaban J connectivity index is 2.21. The van der Waals surface area contributed by atoms with Crippen LogP contribution in [0.3, 0.4) is 0 Å². The maximum absolute atomic E-state index is 12.8. The molecule has 5 heteroatoms. The van der Waals surface area contributed by atoms with Crippen LogP contribution in [0.5, 0.6) is 0 Å². The molecule has 0 saturated heterocycles. The van der Waals surface area contributed by atoms with Crippen LogP contribution in [0, 0.1) is 0 Å². The summed E-state index contributed by atoms with van der Waals surface area (Å²) in [6.07, 6.45) is 0.439. The van der Waals surface area contributed by atoms with Gasteiger partial charge in [0.25, 0.3) is 0 Å². The maximum Gasteiger partial charge on any atom is 0.248 e. The Bertz CT molecular complexity index is 211. The first-order chi connectivity index (χ1) is 7.03. The highest BCUT2D eigenvalue weighted by Gasteiger charge is 2.35. The lowest BCUT2D eigenvalue weighted by molar-refractivity contribution is -0.127. The molecule has 88 valence electrons. The van der Waals surface area contributed by atoms with Gasteiger partial charge in [-0.15, -0.1) is 0 Å². The summed E-state index contributed by atoms with van der Waals surface area (Å²) < 4.78 is 30.5. The van der Waals surface area contributed by atoms with Crippen LogP contribution in [0.4, 0.5) is 8.78 Å². The summed E-state index contributed by atoms with van der Waals surface area (Å²) in [5, 5.41) is 2.69. The van der Waals surface area contributed by atoms with Gasteiger partial charge in [0.1, 0.15) is 6.61 Å². The van der Waals surface area contributed by atoms with Gasteiger partial charge in [0, 0.05) is 25.5 Å². The SMILES string of the molecule is CCOCC(=O)NC1CCC(F)(F)CC1.